The van der Waals surface area contributed by atoms with Crippen molar-refractivity contribution in [2.24, 2.45) is 5.73 Å². The van der Waals surface area contributed by atoms with Crippen LogP contribution in [0, 0.1) is 5.82 Å². The number of pyridine rings is 1. The van der Waals surface area contributed by atoms with Gasteiger partial charge in [-0.3, -0.25) is 0 Å². The first-order valence-electron chi connectivity index (χ1n) is 4.32. The van der Waals surface area contributed by atoms with Gasteiger partial charge in [0, 0.05) is 0 Å². The average Bonchev–Trinajstić information content (AvgIpc) is 2.21. The molecule has 0 fully saturated rings. The third kappa shape index (κ3) is 2.21. The number of nitrogens with zero attached hydrogens (tertiary/aromatic N) is 1. The first kappa shape index (κ1) is 13.4. The molecule has 0 saturated carbocycles. The van der Waals surface area contributed by atoms with Gasteiger partial charge in [0.25, 0.3) is 5.92 Å². The van der Waals surface area contributed by atoms with Crippen molar-refractivity contribution in [3.63, 3.8) is 0 Å². The third-order valence-corrected chi connectivity index (χ3v) is 2.70. The molecule has 0 aromatic carbocycles. The Balaban J connectivity index is 3.31. The Morgan fingerprint density at radius 3 is 2.56 bits per heavy atom. The summed E-state index contributed by atoms with van der Waals surface area (Å²) in [6.07, 6.45) is 0. The van der Waals surface area contributed by atoms with Gasteiger partial charge in [0.2, 0.25) is 0 Å². The van der Waals surface area contributed by atoms with E-state index < -0.39 is 29.6 Å². The van der Waals surface area contributed by atoms with Crippen LogP contribution < -0.4 is 5.73 Å². The van der Waals surface area contributed by atoms with E-state index in [0.29, 0.717) is 0 Å². The third-order valence-electron chi connectivity index (χ3n) is 2.26. The van der Waals surface area contributed by atoms with E-state index in [1.54, 1.807) is 0 Å². The molecule has 0 bridgehead atoms. The molecule has 0 spiro atoms. The number of hydrogen-bond donors (Lipinski definition) is 2. The molecular weight excluding hydrogens is 289 g/mol. The lowest BCUT2D eigenvalue weighted by Crippen LogP contribution is -2.53. The van der Waals surface area contributed by atoms with Gasteiger partial charge in [-0.2, -0.15) is 0 Å². The lowest BCUT2D eigenvalue weighted by atomic mass is 9.90. The molecule has 3 nitrogen and oxygen atoms in total. The quantitative estimate of drug-likeness (QED) is 0.837. The minimum atomic E-state index is -3.67. The molecule has 7 heteroatoms. The van der Waals surface area contributed by atoms with Gasteiger partial charge < -0.3 is 10.8 Å². The second kappa shape index (κ2) is 4.31. The summed E-state index contributed by atoms with van der Waals surface area (Å²) in [6, 6.07) is 2.25. The summed E-state index contributed by atoms with van der Waals surface area (Å²) >= 11 is 2.94. The van der Waals surface area contributed by atoms with E-state index in [0.717, 1.165) is 13.0 Å². The Morgan fingerprint density at radius 2 is 2.06 bits per heavy atom. The van der Waals surface area contributed by atoms with Crippen molar-refractivity contribution < 1.29 is 18.3 Å². The van der Waals surface area contributed by atoms with E-state index in [1.165, 1.54) is 6.07 Å². The van der Waals surface area contributed by atoms with Gasteiger partial charge >= 0.3 is 0 Å². The van der Waals surface area contributed by atoms with E-state index in [2.05, 4.69) is 20.9 Å². The molecule has 1 aromatic heterocycles. The highest BCUT2D eigenvalue weighted by molar-refractivity contribution is 9.10. The van der Waals surface area contributed by atoms with Crippen LogP contribution >= 0.6 is 15.9 Å². The van der Waals surface area contributed by atoms with Crippen LogP contribution in [0.1, 0.15) is 12.6 Å². The maximum Gasteiger partial charge on any atom is 0.293 e. The van der Waals surface area contributed by atoms with Crippen molar-refractivity contribution in [1.29, 1.82) is 0 Å². The number of alkyl halides is 2. The number of aromatic nitrogens is 1. The maximum absolute atomic E-state index is 13.4. The number of rotatable bonds is 3. The Hall–Kier alpha value is -0.660. The molecule has 1 aromatic rings. The van der Waals surface area contributed by atoms with Crippen molar-refractivity contribution >= 4 is 15.9 Å². The zero-order valence-corrected chi connectivity index (χ0v) is 9.93. The summed E-state index contributed by atoms with van der Waals surface area (Å²) in [7, 11) is 0. The Kier molecular flexibility index (Phi) is 3.61. The summed E-state index contributed by atoms with van der Waals surface area (Å²) in [5.41, 5.74) is 2.39. The molecule has 1 heterocycles. The van der Waals surface area contributed by atoms with E-state index >= 15 is 0 Å². The van der Waals surface area contributed by atoms with Crippen molar-refractivity contribution in [1.82, 2.24) is 4.98 Å². The number of aliphatic hydroxyl groups excluding tert-OH is 1. The molecule has 0 radical (unpaired) electrons. The number of hydrogen-bond acceptors (Lipinski definition) is 3. The maximum atomic E-state index is 13.4. The average molecular weight is 299 g/mol. The standard InChI is InChI=1S/C9H10BrF3N2O/c1-8(14,9(12,13)4-16)7-5(11)2-3-6(10)15-7/h2-3,16H,4,14H2,1H3/t8-/m1/s1. The fourth-order valence-corrected chi connectivity index (χ4v) is 1.43. The van der Waals surface area contributed by atoms with Crippen molar-refractivity contribution in [3.8, 4) is 0 Å². The second-order valence-corrected chi connectivity index (χ2v) is 4.34. The van der Waals surface area contributed by atoms with Crippen LogP contribution in [-0.2, 0) is 5.54 Å². The molecular formula is C9H10BrF3N2O. The Morgan fingerprint density at radius 1 is 1.50 bits per heavy atom. The zero-order chi connectivity index (χ0) is 12.6. The molecule has 0 saturated heterocycles. The number of halogens is 4. The van der Waals surface area contributed by atoms with E-state index in [1.807, 2.05) is 0 Å². The zero-order valence-electron chi connectivity index (χ0n) is 8.35. The highest BCUT2D eigenvalue weighted by Gasteiger charge is 2.50. The van der Waals surface area contributed by atoms with Gasteiger partial charge in [-0.05, 0) is 35.0 Å². The molecule has 90 valence electrons. The van der Waals surface area contributed by atoms with Gasteiger partial charge in [0.15, 0.2) is 0 Å². The summed E-state index contributed by atoms with van der Waals surface area (Å²) in [5, 5.41) is 8.56. The summed E-state index contributed by atoms with van der Waals surface area (Å²) in [5.74, 6) is -4.61. The molecule has 3 N–H and O–H groups in total. The fraction of sp³-hybridized carbons (Fsp3) is 0.444. The van der Waals surface area contributed by atoms with E-state index in [-0.39, 0.29) is 4.60 Å². The highest BCUT2D eigenvalue weighted by atomic mass is 79.9. The van der Waals surface area contributed by atoms with E-state index in [9.17, 15) is 13.2 Å². The summed E-state index contributed by atoms with van der Waals surface area (Å²) in [4.78, 5) is 3.58. The van der Waals surface area contributed by atoms with Crippen LogP contribution in [0.2, 0.25) is 0 Å². The molecule has 1 rings (SSSR count). The normalized spacial score (nSPS) is 15.9. The van der Waals surface area contributed by atoms with Crippen molar-refractivity contribution in [2.45, 2.75) is 18.4 Å². The van der Waals surface area contributed by atoms with Gasteiger partial charge in [0.05, 0.1) is 0 Å². The van der Waals surface area contributed by atoms with Crippen LogP contribution in [-0.4, -0.2) is 22.6 Å². The smallest absolute Gasteiger partial charge is 0.293 e. The monoisotopic (exact) mass is 298 g/mol. The summed E-state index contributed by atoms with van der Waals surface area (Å²) in [6.45, 7) is -0.561. The predicted octanol–water partition coefficient (Wildman–Crippen LogP) is 1.78. The van der Waals surface area contributed by atoms with Crippen molar-refractivity contribution in [3.05, 3.63) is 28.2 Å². The van der Waals surface area contributed by atoms with Crippen molar-refractivity contribution in [2.75, 3.05) is 6.61 Å². The van der Waals surface area contributed by atoms with Gasteiger partial charge in [-0.25, -0.2) is 18.2 Å². The highest BCUT2D eigenvalue weighted by Crippen LogP contribution is 2.35. The molecule has 0 amide bonds. The van der Waals surface area contributed by atoms with Gasteiger partial charge in [-0.15, -0.1) is 0 Å². The van der Waals surface area contributed by atoms with Crippen LogP contribution in [0.25, 0.3) is 0 Å². The van der Waals surface area contributed by atoms with Crippen LogP contribution in [0.15, 0.2) is 16.7 Å². The predicted molar refractivity (Wildman–Crippen MR) is 55.5 cm³/mol. The lowest BCUT2D eigenvalue weighted by Gasteiger charge is -2.32. The molecule has 0 unspecified atom stereocenters. The molecule has 1 atom stereocenters. The Labute approximate surface area is 98.6 Å². The number of aliphatic hydroxyl groups is 1. The number of nitrogens with two attached hydrogens (primary N) is 1. The second-order valence-electron chi connectivity index (χ2n) is 3.53. The van der Waals surface area contributed by atoms with E-state index in [4.69, 9.17) is 10.8 Å². The largest absolute Gasteiger partial charge is 0.390 e. The minimum absolute atomic E-state index is 0.189. The van der Waals surface area contributed by atoms with Gasteiger partial charge in [-0.1, -0.05) is 0 Å². The topological polar surface area (TPSA) is 59.1 Å². The van der Waals surface area contributed by atoms with Gasteiger partial charge in [0.1, 0.15) is 28.3 Å². The SMILES string of the molecule is C[C@@](N)(c1nc(Br)ccc1F)C(F)(F)CO. The fourth-order valence-electron chi connectivity index (χ4n) is 1.12. The molecule has 16 heavy (non-hydrogen) atoms. The van der Waals surface area contributed by atoms with Crippen LogP contribution in [0.4, 0.5) is 13.2 Å². The molecule has 0 aliphatic rings. The van der Waals surface area contributed by atoms with Crippen LogP contribution in [0.3, 0.4) is 0 Å². The first-order valence-corrected chi connectivity index (χ1v) is 5.12. The first-order chi connectivity index (χ1) is 7.22. The summed E-state index contributed by atoms with van der Waals surface area (Å²) < 4.78 is 40.2. The lowest BCUT2D eigenvalue weighted by molar-refractivity contribution is -0.110. The molecule has 0 aliphatic carbocycles. The Bertz CT molecular complexity index is 398. The minimum Gasteiger partial charge on any atom is -0.390 e. The molecule has 0 aliphatic heterocycles. The van der Waals surface area contributed by atoms with Crippen LogP contribution in [0.5, 0.6) is 0 Å².